The lowest BCUT2D eigenvalue weighted by atomic mass is 9.34. The molecule has 5 aliphatic rings. The van der Waals surface area contributed by atoms with Crippen LogP contribution in [0.25, 0.3) is 0 Å². The monoisotopic (exact) mass is 570 g/mol. The van der Waals surface area contributed by atoms with E-state index in [9.17, 15) is 24.6 Å². The van der Waals surface area contributed by atoms with E-state index in [0.29, 0.717) is 17.8 Å². The molecule has 5 aliphatic carbocycles. The number of hydrogen-bond acceptors (Lipinski definition) is 4. The van der Waals surface area contributed by atoms with Gasteiger partial charge < -0.3 is 14.9 Å². The minimum absolute atomic E-state index is 0.00249. The standard InChI is InChI=1S/C35H54O6/c1-20(2)21-12-15-35(29(39)40)17-16-33(8)22(27(21)35)10-11-24-32(7)18-25(41-26(36)19-30(3,4)28(37)38)31(5,6)23(32)13-14-34(24,33)9/h21-25,27H,1,10-19H2,2-9H3,(H,37,38)(H,39,40)/t21-,22+,23-,24+,25-,27+,32-,33+,34+,35-/m0/s1. The number of allylic oxidation sites excluding steroid dienone is 1. The van der Waals surface area contributed by atoms with Gasteiger partial charge in [0.15, 0.2) is 0 Å². The zero-order valence-corrected chi connectivity index (χ0v) is 26.8. The van der Waals surface area contributed by atoms with Crippen LogP contribution in [0.2, 0.25) is 0 Å². The number of carboxylic acid groups (broad SMARTS) is 2. The Morgan fingerprint density at radius 1 is 0.878 bits per heavy atom. The number of hydrogen-bond donors (Lipinski definition) is 2. The molecule has 0 radical (unpaired) electrons. The Bertz CT molecular complexity index is 1150. The number of carbonyl (C=O) groups is 3. The van der Waals surface area contributed by atoms with Gasteiger partial charge in [-0.3, -0.25) is 14.4 Å². The van der Waals surface area contributed by atoms with Crippen molar-refractivity contribution in [3.05, 3.63) is 12.2 Å². The number of esters is 1. The first-order valence-corrected chi connectivity index (χ1v) is 16.1. The lowest BCUT2D eigenvalue weighted by Gasteiger charge is -2.70. The van der Waals surface area contributed by atoms with Crippen molar-refractivity contribution in [1.29, 1.82) is 0 Å². The maximum absolute atomic E-state index is 13.0. The highest BCUT2D eigenvalue weighted by Crippen LogP contribution is 2.78. The predicted octanol–water partition coefficient (Wildman–Crippen LogP) is 7.75. The molecule has 10 atom stereocenters. The molecule has 0 unspecified atom stereocenters. The van der Waals surface area contributed by atoms with E-state index in [-0.39, 0.29) is 46.0 Å². The summed E-state index contributed by atoms with van der Waals surface area (Å²) in [7, 11) is 0. The molecular formula is C35H54O6. The first-order valence-electron chi connectivity index (χ1n) is 16.1. The van der Waals surface area contributed by atoms with Crippen LogP contribution < -0.4 is 0 Å². The molecule has 5 fully saturated rings. The quantitative estimate of drug-likeness (QED) is 0.250. The van der Waals surface area contributed by atoms with Gasteiger partial charge in [0, 0.05) is 5.41 Å². The van der Waals surface area contributed by atoms with Crippen molar-refractivity contribution in [2.75, 3.05) is 0 Å². The van der Waals surface area contributed by atoms with Crippen molar-refractivity contribution >= 4 is 17.9 Å². The molecular weight excluding hydrogens is 516 g/mol. The van der Waals surface area contributed by atoms with Crippen molar-refractivity contribution in [2.45, 2.75) is 126 Å². The first kappa shape index (κ1) is 30.6. The number of ether oxygens (including phenoxy) is 1. The molecule has 41 heavy (non-hydrogen) atoms. The zero-order valence-electron chi connectivity index (χ0n) is 26.8. The molecule has 0 amide bonds. The highest BCUT2D eigenvalue weighted by atomic mass is 16.5. The van der Waals surface area contributed by atoms with E-state index in [0.717, 1.165) is 63.4 Å². The van der Waals surface area contributed by atoms with E-state index < -0.39 is 28.7 Å². The van der Waals surface area contributed by atoms with Gasteiger partial charge >= 0.3 is 17.9 Å². The average molecular weight is 571 g/mol. The van der Waals surface area contributed by atoms with Crippen molar-refractivity contribution in [3.8, 4) is 0 Å². The Kier molecular flexibility index (Phi) is 6.96. The summed E-state index contributed by atoms with van der Waals surface area (Å²) in [5, 5.41) is 20.1. The van der Waals surface area contributed by atoms with E-state index in [1.54, 1.807) is 13.8 Å². The third-order valence-electron chi connectivity index (χ3n) is 14.6. The topological polar surface area (TPSA) is 101 Å². The van der Waals surface area contributed by atoms with Crippen LogP contribution in [0.1, 0.15) is 120 Å². The highest BCUT2D eigenvalue weighted by molar-refractivity contribution is 5.81. The first-order chi connectivity index (χ1) is 18.8. The summed E-state index contributed by atoms with van der Waals surface area (Å²) in [6, 6.07) is 0. The number of carbonyl (C=O) groups excluding carboxylic acids is 1. The van der Waals surface area contributed by atoms with E-state index in [1.165, 1.54) is 0 Å². The molecule has 230 valence electrons. The summed E-state index contributed by atoms with van der Waals surface area (Å²) < 4.78 is 6.17. The van der Waals surface area contributed by atoms with Crippen LogP contribution in [0.3, 0.4) is 0 Å². The van der Waals surface area contributed by atoms with Gasteiger partial charge in [0.1, 0.15) is 6.10 Å². The fraction of sp³-hybridized carbons (Fsp3) is 0.857. The van der Waals surface area contributed by atoms with Gasteiger partial charge in [0.05, 0.1) is 17.3 Å². The van der Waals surface area contributed by atoms with Gasteiger partial charge in [-0.25, -0.2) is 0 Å². The van der Waals surface area contributed by atoms with E-state index in [1.807, 2.05) is 0 Å². The predicted molar refractivity (Wildman–Crippen MR) is 158 cm³/mol. The second-order valence-corrected chi connectivity index (χ2v) is 17.0. The van der Waals surface area contributed by atoms with Crippen molar-refractivity contribution in [3.63, 3.8) is 0 Å². The van der Waals surface area contributed by atoms with E-state index in [2.05, 4.69) is 48.1 Å². The van der Waals surface area contributed by atoms with Gasteiger partial charge in [0.2, 0.25) is 0 Å². The van der Waals surface area contributed by atoms with E-state index in [4.69, 9.17) is 4.74 Å². The van der Waals surface area contributed by atoms with Gasteiger partial charge in [-0.1, -0.05) is 46.8 Å². The molecule has 6 heteroatoms. The fourth-order valence-corrected chi connectivity index (χ4v) is 12.1. The Labute approximate surface area is 247 Å². The lowest BCUT2D eigenvalue weighted by molar-refractivity contribution is -0.221. The molecule has 0 bridgehead atoms. The van der Waals surface area contributed by atoms with Crippen molar-refractivity contribution in [1.82, 2.24) is 0 Å². The number of carboxylic acids is 2. The van der Waals surface area contributed by atoms with E-state index >= 15 is 0 Å². The summed E-state index contributed by atoms with van der Waals surface area (Å²) in [6.45, 7) is 21.6. The zero-order chi connectivity index (χ0) is 30.6. The van der Waals surface area contributed by atoms with Crippen LogP contribution >= 0.6 is 0 Å². The number of aliphatic carboxylic acids is 2. The summed E-state index contributed by atoms with van der Waals surface area (Å²) in [5.41, 5.74) is -0.684. The lowest BCUT2D eigenvalue weighted by Crippen LogP contribution is -2.64. The molecule has 0 aromatic carbocycles. The van der Waals surface area contributed by atoms with Crippen LogP contribution in [0, 0.1) is 62.1 Å². The van der Waals surface area contributed by atoms with Crippen molar-refractivity contribution < 1.29 is 29.3 Å². The Morgan fingerprint density at radius 2 is 1.54 bits per heavy atom. The van der Waals surface area contributed by atoms with Gasteiger partial charge in [-0.05, 0) is 124 Å². The maximum atomic E-state index is 13.0. The largest absolute Gasteiger partial charge is 0.481 e. The molecule has 5 rings (SSSR count). The Hall–Kier alpha value is -1.85. The van der Waals surface area contributed by atoms with Crippen LogP contribution in [-0.4, -0.2) is 34.2 Å². The smallest absolute Gasteiger partial charge is 0.309 e. The van der Waals surface area contributed by atoms with Crippen LogP contribution in [0.4, 0.5) is 0 Å². The summed E-state index contributed by atoms with van der Waals surface area (Å²) in [6.07, 6.45) is 8.21. The number of fused-ring (bicyclic) bond motifs is 7. The molecule has 0 heterocycles. The second kappa shape index (κ2) is 9.32. The summed E-state index contributed by atoms with van der Waals surface area (Å²) in [5.74, 6) is -0.301. The molecule has 6 nitrogen and oxygen atoms in total. The van der Waals surface area contributed by atoms with Gasteiger partial charge in [0.25, 0.3) is 0 Å². The van der Waals surface area contributed by atoms with Crippen LogP contribution in [-0.2, 0) is 19.1 Å². The van der Waals surface area contributed by atoms with Gasteiger partial charge in [-0.15, -0.1) is 0 Å². The highest BCUT2D eigenvalue weighted by Gasteiger charge is 2.73. The molecule has 0 aliphatic heterocycles. The molecule has 0 aromatic rings. The van der Waals surface area contributed by atoms with Gasteiger partial charge in [-0.2, -0.15) is 0 Å². The molecule has 5 saturated carbocycles. The normalized spacial score (nSPS) is 46.4. The Balaban J connectivity index is 1.46. The fourth-order valence-electron chi connectivity index (χ4n) is 12.1. The summed E-state index contributed by atoms with van der Waals surface area (Å²) in [4.78, 5) is 37.6. The third-order valence-corrected chi connectivity index (χ3v) is 14.6. The summed E-state index contributed by atoms with van der Waals surface area (Å²) >= 11 is 0. The maximum Gasteiger partial charge on any atom is 0.309 e. The SMILES string of the molecule is C=C(C)[C@@H]1CC[C@]2(C(=O)O)CC[C@]3(C)[C@H](CC[C@@H]4[C@@]5(C)C[C@H](OC(=O)CC(C)(C)C(=O)O)C(C)(C)[C@@H]5CC[C@]43C)[C@@H]12. The molecule has 0 aromatic heterocycles. The average Bonchev–Trinajstić information content (AvgIpc) is 3.33. The number of rotatable bonds is 6. The Morgan fingerprint density at radius 3 is 2.12 bits per heavy atom. The molecule has 2 N–H and O–H groups in total. The minimum Gasteiger partial charge on any atom is -0.481 e. The molecule has 0 spiro atoms. The minimum atomic E-state index is -1.16. The second-order valence-electron chi connectivity index (χ2n) is 17.0. The third kappa shape index (κ3) is 4.04. The van der Waals surface area contributed by atoms with Crippen LogP contribution in [0.15, 0.2) is 12.2 Å². The van der Waals surface area contributed by atoms with Crippen LogP contribution in [0.5, 0.6) is 0 Å². The molecule has 0 saturated heterocycles. The van der Waals surface area contributed by atoms with Crippen molar-refractivity contribution in [2.24, 2.45) is 62.1 Å².